The molecule has 3 nitrogen and oxygen atoms in total. The Morgan fingerprint density at radius 1 is 1.18 bits per heavy atom. The van der Waals surface area contributed by atoms with Gasteiger partial charge in [-0.1, -0.05) is 12.1 Å². The van der Waals surface area contributed by atoms with E-state index in [-0.39, 0.29) is 0 Å². The molecule has 0 aliphatic carbocycles. The number of benzene rings is 1. The van der Waals surface area contributed by atoms with Gasteiger partial charge in [-0.15, -0.1) is 0 Å². The summed E-state index contributed by atoms with van der Waals surface area (Å²) in [5.41, 5.74) is 0.716. The van der Waals surface area contributed by atoms with Crippen LogP contribution in [0.3, 0.4) is 0 Å². The van der Waals surface area contributed by atoms with Crippen LogP contribution in [0.15, 0.2) is 24.3 Å². The van der Waals surface area contributed by atoms with Gasteiger partial charge in [-0.25, -0.2) is 0 Å². The van der Waals surface area contributed by atoms with E-state index in [1.54, 1.807) is 12.1 Å². The number of phenols is 1. The first-order chi connectivity index (χ1) is 8.05. The highest BCUT2D eigenvalue weighted by Gasteiger charge is 2.24. The molecule has 1 aliphatic rings. The number of rotatable bonds is 2. The minimum Gasteiger partial charge on any atom is -0.508 e. The largest absolute Gasteiger partial charge is 0.508 e. The third kappa shape index (κ3) is 3.72. The standard InChI is InChI=1S/C14H21NO2/c1-14(17)7-2-9-15(10-8-14)11-12-3-5-13(16)6-4-12/h3-6,16-17H,2,7-11H2,1H3. The van der Waals surface area contributed by atoms with Gasteiger partial charge in [0.25, 0.3) is 0 Å². The van der Waals surface area contributed by atoms with E-state index in [2.05, 4.69) is 4.90 Å². The highest BCUT2D eigenvalue weighted by atomic mass is 16.3. The van der Waals surface area contributed by atoms with Gasteiger partial charge in [0.05, 0.1) is 5.60 Å². The molecule has 2 rings (SSSR count). The SMILES string of the molecule is CC1(O)CCCN(Cc2ccc(O)cc2)CC1. The Morgan fingerprint density at radius 3 is 2.59 bits per heavy atom. The number of nitrogens with zero attached hydrogens (tertiary/aromatic N) is 1. The van der Waals surface area contributed by atoms with Gasteiger partial charge in [-0.05, 0) is 50.4 Å². The van der Waals surface area contributed by atoms with Gasteiger partial charge < -0.3 is 10.2 Å². The molecule has 1 aromatic rings. The van der Waals surface area contributed by atoms with Crippen LogP contribution in [0.5, 0.6) is 5.75 Å². The summed E-state index contributed by atoms with van der Waals surface area (Å²) < 4.78 is 0. The molecule has 1 atom stereocenters. The van der Waals surface area contributed by atoms with Crippen molar-refractivity contribution in [2.75, 3.05) is 13.1 Å². The molecule has 3 heteroatoms. The van der Waals surface area contributed by atoms with Gasteiger partial charge >= 0.3 is 0 Å². The van der Waals surface area contributed by atoms with Gasteiger partial charge in [0.2, 0.25) is 0 Å². The fourth-order valence-electron chi connectivity index (χ4n) is 2.34. The molecule has 0 amide bonds. The second kappa shape index (κ2) is 5.07. The van der Waals surface area contributed by atoms with Gasteiger partial charge in [0, 0.05) is 13.1 Å². The van der Waals surface area contributed by atoms with Gasteiger partial charge in [0.15, 0.2) is 0 Å². The van der Waals surface area contributed by atoms with Crippen LogP contribution in [-0.2, 0) is 6.54 Å². The van der Waals surface area contributed by atoms with Gasteiger partial charge in [-0.3, -0.25) is 4.90 Å². The maximum atomic E-state index is 10.0. The lowest BCUT2D eigenvalue weighted by molar-refractivity contribution is 0.0444. The molecule has 0 spiro atoms. The Labute approximate surface area is 103 Å². The molecule has 2 N–H and O–H groups in total. The predicted molar refractivity (Wildman–Crippen MR) is 67.9 cm³/mol. The molecule has 0 bridgehead atoms. The number of phenolic OH excluding ortho intramolecular Hbond substituents is 1. The van der Waals surface area contributed by atoms with Crippen LogP contribution in [-0.4, -0.2) is 33.8 Å². The number of likely N-dealkylation sites (tertiary alicyclic amines) is 1. The summed E-state index contributed by atoms with van der Waals surface area (Å²) in [6, 6.07) is 7.36. The molecular weight excluding hydrogens is 214 g/mol. The van der Waals surface area contributed by atoms with Crippen molar-refractivity contribution in [1.82, 2.24) is 4.90 Å². The van der Waals surface area contributed by atoms with E-state index < -0.39 is 5.60 Å². The van der Waals surface area contributed by atoms with E-state index in [1.807, 2.05) is 19.1 Å². The smallest absolute Gasteiger partial charge is 0.115 e. The van der Waals surface area contributed by atoms with Crippen LogP contribution in [0.4, 0.5) is 0 Å². The molecule has 94 valence electrons. The molecule has 1 saturated heterocycles. The molecule has 0 radical (unpaired) electrons. The van der Waals surface area contributed by atoms with Crippen molar-refractivity contribution >= 4 is 0 Å². The van der Waals surface area contributed by atoms with Crippen LogP contribution in [0.1, 0.15) is 31.7 Å². The lowest BCUT2D eigenvalue weighted by Gasteiger charge is -2.22. The zero-order valence-electron chi connectivity index (χ0n) is 10.4. The first-order valence-corrected chi connectivity index (χ1v) is 6.28. The summed E-state index contributed by atoms with van der Waals surface area (Å²) in [7, 11) is 0. The third-order valence-electron chi connectivity index (χ3n) is 3.50. The van der Waals surface area contributed by atoms with Gasteiger partial charge in [0.1, 0.15) is 5.75 Å². The van der Waals surface area contributed by atoms with E-state index in [4.69, 9.17) is 0 Å². The van der Waals surface area contributed by atoms with Crippen LogP contribution >= 0.6 is 0 Å². The number of hydrogen-bond acceptors (Lipinski definition) is 3. The van der Waals surface area contributed by atoms with E-state index in [1.165, 1.54) is 5.56 Å². The Balaban J connectivity index is 1.93. The Hall–Kier alpha value is -1.06. The van der Waals surface area contributed by atoms with Crippen LogP contribution in [0.2, 0.25) is 0 Å². The Kier molecular flexibility index (Phi) is 3.69. The third-order valence-corrected chi connectivity index (χ3v) is 3.50. The Bertz CT molecular complexity index is 359. The fraction of sp³-hybridized carbons (Fsp3) is 0.571. The summed E-state index contributed by atoms with van der Waals surface area (Å²) in [4.78, 5) is 2.37. The molecule has 17 heavy (non-hydrogen) atoms. The number of aromatic hydroxyl groups is 1. The number of hydrogen-bond donors (Lipinski definition) is 2. The lowest BCUT2D eigenvalue weighted by atomic mass is 9.98. The highest BCUT2D eigenvalue weighted by molar-refractivity contribution is 5.25. The van der Waals surface area contributed by atoms with Crippen molar-refractivity contribution < 1.29 is 10.2 Å². The van der Waals surface area contributed by atoms with Crippen molar-refractivity contribution in [1.29, 1.82) is 0 Å². The van der Waals surface area contributed by atoms with Crippen LogP contribution in [0, 0.1) is 0 Å². The molecule has 1 aliphatic heterocycles. The highest BCUT2D eigenvalue weighted by Crippen LogP contribution is 2.22. The molecular formula is C14H21NO2. The average Bonchev–Trinajstić information content (AvgIpc) is 2.44. The topological polar surface area (TPSA) is 43.7 Å². The molecule has 0 saturated carbocycles. The second-order valence-corrected chi connectivity index (χ2v) is 5.29. The van der Waals surface area contributed by atoms with Crippen molar-refractivity contribution in [2.45, 2.75) is 38.3 Å². The van der Waals surface area contributed by atoms with E-state index in [0.29, 0.717) is 5.75 Å². The van der Waals surface area contributed by atoms with E-state index in [0.717, 1.165) is 38.9 Å². The minimum absolute atomic E-state index is 0.313. The maximum absolute atomic E-state index is 10.0. The molecule has 1 unspecified atom stereocenters. The monoisotopic (exact) mass is 235 g/mol. The maximum Gasteiger partial charge on any atom is 0.115 e. The number of aliphatic hydroxyl groups is 1. The van der Waals surface area contributed by atoms with Crippen LogP contribution in [0.25, 0.3) is 0 Å². The Morgan fingerprint density at radius 2 is 1.88 bits per heavy atom. The summed E-state index contributed by atoms with van der Waals surface area (Å²) in [6.45, 7) is 4.80. The quantitative estimate of drug-likeness (QED) is 0.825. The summed E-state index contributed by atoms with van der Waals surface area (Å²) >= 11 is 0. The molecule has 1 heterocycles. The summed E-state index contributed by atoms with van der Waals surface area (Å²) in [6.07, 6.45) is 2.77. The van der Waals surface area contributed by atoms with Crippen LogP contribution < -0.4 is 0 Å². The lowest BCUT2D eigenvalue weighted by Crippen LogP contribution is -2.28. The molecule has 1 fully saturated rings. The summed E-state index contributed by atoms with van der Waals surface area (Å²) in [5.74, 6) is 0.313. The normalized spacial score (nSPS) is 26.7. The zero-order valence-corrected chi connectivity index (χ0v) is 10.4. The first-order valence-electron chi connectivity index (χ1n) is 6.28. The molecule has 0 aromatic heterocycles. The van der Waals surface area contributed by atoms with Crippen molar-refractivity contribution in [3.05, 3.63) is 29.8 Å². The fourth-order valence-corrected chi connectivity index (χ4v) is 2.34. The predicted octanol–water partition coefficient (Wildman–Crippen LogP) is 2.13. The van der Waals surface area contributed by atoms with E-state index in [9.17, 15) is 10.2 Å². The average molecular weight is 235 g/mol. The van der Waals surface area contributed by atoms with Crippen molar-refractivity contribution in [3.8, 4) is 5.75 Å². The van der Waals surface area contributed by atoms with Crippen molar-refractivity contribution in [3.63, 3.8) is 0 Å². The van der Waals surface area contributed by atoms with Crippen molar-refractivity contribution in [2.24, 2.45) is 0 Å². The first kappa shape index (κ1) is 12.4. The minimum atomic E-state index is -0.496. The van der Waals surface area contributed by atoms with Gasteiger partial charge in [-0.2, -0.15) is 0 Å². The van der Waals surface area contributed by atoms with E-state index >= 15 is 0 Å². The second-order valence-electron chi connectivity index (χ2n) is 5.29. The zero-order chi connectivity index (χ0) is 12.3. The molecule has 1 aromatic carbocycles. The summed E-state index contributed by atoms with van der Waals surface area (Å²) in [5, 5.41) is 19.2.